The molecule has 0 aliphatic carbocycles. The first kappa shape index (κ1) is 23.2. The first-order valence-electron chi connectivity index (χ1n) is 9.39. The van der Waals surface area contributed by atoms with Crippen molar-refractivity contribution in [2.75, 3.05) is 6.61 Å². The van der Waals surface area contributed by atoms with Crippen molar-refractivity contribution in [3.05, 3.63) is 0 Å². The van der Waals surface area contributed by atoms with Gasteiger partial charge in [-0.05, 0) is 53.4 Å². The summed E-state index contributed by atoms with van der Waals surface area (Å²) in [5, 5.41) is 20.6. The predicted octanol–water partition coefficient (Wildman–Crippen LogP) is 3.13. The molecular formula is C18H38NO5P. The van der Waals surface area contributed by atoms with Crippen molar-refractivity contribution in [1.82, 2.24) is 4.90 Å². The minimum absolute atomic E-state index is 0.0808. The lowest BCUT2D eigenvalue weighted by atomic mass is 9.72. The monoisotopic (exact) mass is 379 g/mol. The van der Waals surface area contributed by atoms with E-state index in [0.717, 1.165) is 19.3 Å². The highest BCUT2D eigenvalue weighted by atomic mass is 31.2. The molecule has 4 N–H and O–H groups in total. The first-order valence-corrected chi connectivity index (χ1v) is 10.6. The van der Waals surface area contributed by atoms with E-state index in [9.17, 15) is 20.0 Å². The quantitative estimate of drug-likeness (QED) is 0.460. The van der Waals surface area contributed by atoms with E-state index in [1.54, 1.807) is 0 Å². The molecule has 0 aromatic heterocycles. The third-order valence-corrected chi connectivity index (χ3v) is 6.16. The van der Waals surface area contributed by atoms with E-state index in [-0.39, 0.29) is 6.61 Å². The Bertz CT molecular complexity index is 394. The zero-order valence-corrected chi connectivity index (χ0v) is 17.6. The van der Waals surface area contributed by atoms with Crippen LogP contribution in [0.15, 0.2) is 0 Å². The summed E-state index contributed by atoms with van der Waals surface area (Å²) in [6.45, 7) is 12.2. The van der Waals surface area contributed by atoms with Gasteiger partial charge in [0.15, 0.2) is 0 Å². The van der Waals surface area contributed by atoms with Crippen molar-refractivity contribution in [2.45, 2.75) is 103 Å². The van der Waals surface area contributed by atoms with Gasteiger partial charge < -0.3 is 20.0 Å². The molecule has 1 saturated heterocycles. The van der Waals surface area contributed by atoms with Gasteiger partial charge in [-0.1, -0.05) is 26.7 Å². The molecule has 0 spiro atoms. The van der Waals surface area contributed by atoms with Gasteiger partial charge in [-0.25, -0.2) is 0 Å². The fraction of sp³-hybridized carbons (Fsp3) is 1.00. The molecule has 1 heterocycles. The van der Waals surface area contributed by atoms with Gasteiger partial charge in [0, 0.05) is 16.5 Å². The Morgan fingerprint density at radius 1 is 1.16 bits per heavy atom. The second kappa shape index (κ2) is 8.92. The van der Waals surface area contributed by atoms with Crippen molar-refractivity contribution >= 4 is 8.60 Å². The molecule has 0 aromatic rings. The number of hydrogen-bond donors (Lipinski definition) is 4. The zero-order valence-electron chi connectivity index (χ0n) is 16.7. The van der Waals surface area contributed by atoms with E-state index in [4.69, 9.17) is 4.52 Å². The summed E-state index contributed by atoms with van der Waals surface area (Å²) in [7, 11) is -2.56. The van der Waals surface area contributed by atoms with Gasteiger partial charge in [0.05, 0.1) is 12.7 Å². The number of aliphatic hydroxyl groups excluding tert-OH is 2. The van der Waals surface area contributed by atoms with Crippen LogP contribution in [0.25, 0.3) is 0 Å². The highest BCUT2D eigenvalue weighted by Crippen LogP contribution is 2.49. The third kappa shape index (κ3) is 5.35. The van der Waals surface area contributed by atoms with Crippen LogP contribution in [0.2, 0.25) is 0 Å². The molecule has 0 radical (unpaired) electrons. The topological polar surface area (TPSA) is 93.4 Å². The maximum Gasteiger partial charge on any atom is 0.328 e. The summed E-state index contributed by atoms with van der Waals surface area (Å²) in [6, 6.07) is 0. The van der Waals surface area contributed by atoms with E-state index in [1.165, 1.54) is 0 Å². The summed E-state index contributed by atoms with van der Waals surface area (Å²) >= 11 is 0. The van der Waals surface area contributed by atoms with Crippen LogP contribution >= 0.6 is 8.60 Å². The third-order valence-electron chi connectivity index (χ3n) is 5.77. The summed E-state index contributed by atoms with van der Waals surface area (Å²) in [5.74, 6) is 0. The molecule has 0 amide bonds. The smallest absolute Gasteiger partial charge is 0.328 e. The van der Waals surface area contributed by atoms with E-state index >= 15 is 0 Å². The molecule has 150 valence electrons. The Morgan fingerprint density at radius 2 is 1.68 bits per heavy atom. The minimum atomic E-state index is -2.56. The molecule has 1 fully saturated rings. The SMILES string of the molecule is CCCCC(CC)(CO)C(OP(O)O)N1C(C)(C)CC(O)CC1(C)C. The fourth-order valence-electron chi connectivity index (χ4n) is 4.67. The van der Waals surface area contributed by atoms with Crippen LogP contribution in [0, 0.1) is 5.41 Å². The second-order valence-corrected chi connectivity index (χ2v) is 9.46. The number of piperidine rings is 1. The number of rotatable bonds is 9. The lowest BCUT2D eigenvalue weighted by Crippen LogP contribution is -2.69. The van der Waals surface area contributed by atoms with Gasteiger partial charge in [-0.15, -0.1) is 0 Å². The minimum Gasteiger partial charge on any atom is -0.396 e. The van der Waals surface area contributed by atoms with Gasteiger partial charge in [0.1, 0.15) is 6.23 Å². The van der Waals surface area contributed by atoms with Crippen molar-refractivity contribution in [3.63, 3.8) is 0 Å². The van der Waals surface area contributed by atoms with E-state index in [0.29, 0.717) is 19.3 Å². The van der Waals surface area contributed by atoms with Crippen molar-refractivity contribution in [3.8, 4) is 0 Å². The lowest BCUT2D eigenvalue weighted by molar-refractivity contribution is -0.205. The average molecular weight is 379 g/mol. The lowest BCUT2D eigenvalue weighted by Gasteiger charge is -2.60. The summed E-state index contributed by atoms with van der Waals surface area (Å²) in [5.41, 5.74) is -1.39. The predicted molar refractivity (Wildman–Crippen MR) is 101 cm³/mol. The molecule has 25 heavy (non-hydrogen) atoms. The van der Waals surface area contributed by atoms with Crippen molar-refractivity contribution in [1.29, 1.82) is 0 Å². The summed E-state index contributed by atoms with van der Waals surface area (Å²) in [6.07, 6.45) is 3.44. The van der Waals surface area contributed by atoms with Gasteiger partial charge in [-0.3, -0.25) is 9.42 Å². The van der Waals surface area contributed by atoms with Gasteiger partial charge in [0.25, 0.3) is 0 Å². The second-order valence-electron chi connectivity index (χ2n) is 8.75. The Balaban J connectivity index is 3.39. The number of hydrogen-bond acceptors (Lipinski definition) is 6. The number of likely N-dealkylation sites (tertiary alicyclic amines) is 1. The molecule has 7 heteroatoms. The summed E-state index contributed by atoms with van der Waals surface area (Å²) in [4.78, 5) is 21.5. The fourth-order valence-corrected chi connectivity index (χ4v) is 5.17. The maximum atomic E-state index is 10.3. The van der Waals surface area contributed by atoms with Gasteiger partial charge in [0.2, 0.25) is 0 Å². The van der Waals surface area contributed by atoms with Crippen LogP contribution in [0.5, 0.6) is 0 Å². The van der Waals surface area contributed by atoms with Crippen LogP contribution in [-0.4, -0.2) is 54.9 Å². The normalized spacial score (nSPS) is 25.1. The Kier molecular flexibility index (Phi) is 8.29. The molecular weight excluding hydrogens is 341 g/mol. The highest BCUT2D eigenvalue weighted by Gasteiger charge is 2.54. The molecule has 2 atom stereocenters. The van der Waals surface area contributed by atoms with E-state index in [2.05, 4.69) is 11.8 Å². The standard InChI is InChI=1S/C18H38NO5P/c1-7-9-10-18(8-2,13-20)15(24-25(22)23)19-16(3,4)11-14(21)12-17(19,5)6/h14-15,20-23H,7-13H2,1-6H3. The van der Waals surface area contributed by atoms with Crippen LogP contribution in [0.1, 0.15) is 80.1 Å². The number of unbranched alkanes of at least 4 members (excludes halogenated alkanes) is 1. The van der Waals surface area contributed by atoms with Crippen LogP contribution in [0.3, 0.4) is 0 Å². The first-order chi connectivity index (χ1) is 11.5. The summed E-state index contributed by atoms with van der Waals surface area (Å²) < 4.78 is 5.70. The largest absolute Gasteiger partial charge is 0.396 e. The van der Waals surface area contributed by atoms with Crippen LogP contribution < -0.4 is 0 Å². The van der Waals surface area contributed by atoms with Gasteiger partial charge in [-0.2, -0.15) is 0 Å². The molecule has 1 aliphatic rings. The zero-order chi connectivity index (χ0) is 19.5. The average Bonchev–Trinajstić information content (AvgIpc) is 2.45. The maximum absolute atomic E-state index is 10.3. The molecule has 6 nitrogen and oxygen atoms in total. The number of aliphatic hydroxyl groups is 2. The molecule has 0 saturated carbocycles. The van der Waals surface area contributed by atoms with Crippen molar-refractivity contribution in [2.24, 2.45) is 5.41 Å². The Labute approximate surface area is 154 Å². The molecule has 1 aliphatic heterocycles. The van der Waals surface area contributed by atoms with Crippen molar-refractivity contribution < 1.29 is 24.5 Å². The number of nitrogens with zero attached hydrogens (tertiary/aromatic N) is 1. The Morgan fingerprint density at radius 3 is 2.04 bits per heavy atom. The Hall–Kier alpha value is 0.190. The molecule has 0 bridgehead atoms. The van der Waals surface area contributed by atoms with Gasteiger partial charge >= 0.3 is 8.60 Å². The molecule has 2 unspecified atom stereocenters. The highest BCUT2D eigenvalue weighted by molar-refractivity contribution is 7.39. The molecule has 1 rings (SSSR count). The van der Waals surface area contributed by atoms with Crippen LogP contribution in [0.4, 0.5) is 0 Å². The van der Waals surface area contributed by atoms with E-state index in [1.807, 2.05) is 34.6 Å². The van der Waals surface area contributed by atoms with E-state index < -0.39 is 37.4 Å². The molecule has 0 aromatic carbocycles. The van der Waals surface area contributed by atoms with Crippen LogP contribution in [-0.2, 0) is 4.52 Å².